The van der Waals surface area contributed by atoms with Crippen molar-refractivity contribution in [2.24, 2.45) is 23.2 Å². The summed E-state index contributed by atoms with van der Waals surface area (Å²) in [5.41, 5.74) is 0.193. The van der Waals surface area contributed by atoms with Gasteiger partial charge in [-0.15, -0.1) is 0 Å². The molecule has 0 aromatic rings. The normalized spacial score (nSPS) is 35.8. The fourth-order valence-electron chi connectivity index (χ4n) is 5.21. The Balaban J connectivity index is 1.38. The largest absolute Gasteiger partial charge is 0.465 e. The molecule has 2 bridgehead atoms. The molecule has 4 fully saturated rings. The molecular formula is C20H35BO5. The summed E-state index contributed by atoms with van der Waals surface area (Å²) in [6.07, 6.45) is 4.09. The van der Waals surface area contributed by atoms with Gasteiger partial charge < -0.3 is 19.2 Å². The van der Waals surface area contributed by atoms with E-state index < -0.39 is 6.10 Å². The number of aliphatic hydroxyl groups is 1. The van der Waals surface area contributed by atoms with Gasteiger partial charge in [0, 0.05) is 0 Å². The van der Waals surface area contributed by atoms with Crippen molar-refractivity contribution in [1.29, 1.82) is 0 Å². The highest BCUT2D eigenvalue weighted by Gasteiger charge is 2.67. The first kappa shape index (κ1) is 20.2. The maximum Gasteiger partial charge on any atom is 0.457 e. The molecule has 0 amide bonds. The predicted molar refractivity (Wildman–Crippen MR) is 101 cm³/mol. The summed E-state index contributed by atoms with van der Waals surface area (Å²) in [5.74, 6) is 1.32. The average molecular weight is 366 g/mol. The minimum absolute atomic E-state index is 0.0668. The first-order valence-electron chi connectivity index (χ1n) is 10.3. The van der Waals surface area contributed by atoms with Gasteiger partial charge in [0.15, 0.2) is 0 Å². The van der Waals surface area contributed by atoms with Crippen molar-refractivity contribution in [3.05, 3.63) is 0 Å². The smallest absolute Gasteiger partial charge is 0.457 e. The van der Waals surface area contributed by atoms with E-state index in [9.17, 15) is 9.90 Å². The van der Waals surface area contributed by atoms with Gasteiger partial charge in [-0.25, -0.2) is 0 Å². The van der Waals surface area contributed by atoms with Gasteiger partial charge in [-0.1, -0.05) is 34.1 Å². The van der Waals surface area contributed by atoms with Crippen molar-refractivity contribution in [1.82, 2.24) is 0 Å². The molecule has 6 heteroatoms. The second-order valence-corrected chi connectivity index (χ2v) is 9.76. The highest BCUT2D eigenvalue weighted by molar-refractivity contribution is 6.45. The topological polar surface area (TPSA) is 65.0 Å². The first-order chi connectivity index (χ1) is 12.1. The Labute approximate surface area is 158 Å². The third-order valence-corrected chi connectivity index (χ3v) is 6.96. The van der Waals surface area contributed by atoms with Crippen LogP contribution >= 0.6 is 0 Å². The van der Waals surface area contributed by atoms with E-state index in [1.54, 1.807) is 0 Å². The molecule has 5 unspecified atom stereocenters. The Morgan fingerprint density at radius 3 is 2.69 bits per heavy atom. The van der Waals surface area contributed by atoms with Crippen LogP contribution in [0.3, 0.4) is 0 Å². The average Bonchev–Trinajstić information content (AvgIpc) is 2.88. The Kier molecular flexibility index (Phi) is 5.77. The minimum atomic E-state index is -0.652. The van der Waals surface area contributed by atoms with Crippen LogP contribution in [0.2, 0.25) is 6.32 Å². The number of aliphatic hydroxyl groups excluding tert-OH is 1. The number of hydrogen-bond donors (Lipinski definition) is 1. The van der Waals surface area contributed by atoms with Gasteiger partial charge in [0.05, 0.1) is 30.8 Å². The zero-order chi connectivity index (χ0) is 19.1. The van der Waals surface area contributed by atoms with Gasteiger partial charge in [0.25, 0.3) is 0 Å². The molecule has 4 rings (SSSR count). The van der Waals surface area contributed by atoms with Crippen LogP contribution in [0.1, 0.15) is 66.7 Å². The minimum Gasteiger partial charge on any atom is -0.465 e. The van der Waals surface area contributed by atoms with E-state index in [1.165, 1.54) is 6.42 Å². The molecule has 1 aliphatic heterocycles. The number of carbonyl (C=O) groups excluding carboxylic acids is 1. The standard InChI is InChI=1S/C20H35BO5/c1-13(2)12-24-18(23)11-15(22)7-6-8-21-25-17-10-14-9-16(19(14,3)4)20(17,5)26-21/h13-17,22H,6-12H2,1-5H3. The molecule has 0 radical (unpaired) electrons. The van der Waals surface area contributed by atoms with E-state index in [2.05, 4.69) is 20.8 Å². The summed E-state index contributed by atoms with van der Waals surface area (Å²) < 4.78 is 17.7. The molecule has 3 saturated carbocycles. The lowest BCUT2D eigenvalue weighted by molar-refractivity contribution is -0.199. The third kappa shape index (κ3) is 3.83. The van der Waals surface area contributed by atoms with Crippen molar-refractivity contribution < 1.29 is 23.9 Å². The summed E-state index contributed by atoms with van der Waals surface area (Å²) in [4.78, 5) is 11.7. The SMILES string of the molecule is CC(C)COC(=O)CC(O)CCCB1OC2CC3CC(C3(C)C)C2(C)O1. The van der Waals surface area contributed by atoms with Crippen molar-refractivity contribution in [3.63, 3.8) is 0 Å². The van der Waals surface area contributed by atoms with Gasteiger partial charge in [-0.3, -0.25) is 4.79 Å². The lowest BCUT2D eigenvalue weighted by Crippen LogP contribution is -2.65. The van der Waals surface area contributed by atoms with Gasteiger partial charge in [0.2, 0.25) is 0 Å². The lowest BCUT2D eigenvalue weighted by atomic mass is 9.43. The second kappa shape index (κ2) is 7.44. The van der Waals surface area contributed by atoms with Crippen molar-refractivity contribution in [2.45, 2.75) is 90.9 Å². The molecule has 0 spiro atoms. The van der Waals surface area contributed by atoms with Gasteiger partial charge >= 0.3 is 13.1 Å². The van der Waals surface area contributed by atoms with E-state index >= 15 is 0 Å². The Morgan fingerprint density at radius 1 is 1.31 bits per heavy atom. The molecule has 1 N–H and O–H groups in total. The van der Waals surface area contributed by atoms with E-state index in [0.29, 0.717) is 30.3 Å². The van der Waals surface area contributed by atoms with Crippen molar-refractivity contribution in [3.8, 4) is 0 Å². The summed E-state index contributed by atoms with van der Waals surface area (Å²) in [5, 5.41) is 10.1. The Hall–Kier alpha value is -0.585. The van der Waals surface area contributed by atoms with Crippen LogP contribution in [0, 0.1) is 23.2 Å². The monoisotopic (exact) mass is 366 g/mol. The summed E-state index contributed by atoms with van der Waals surface area (Å²) in [7, 11) is -0.180. The first-order valence-corrected chi connectivity index (χ1v) is 10.3. The molecule has 4 aliphatic rings. The number of carbonyl (C=O) groups is 1. The van der Waals surface area contributed by atoms with E-state index in [4.69, 9.17) is 14.0 Å². The maximum absolute atomic E-state index is 11.7. The molecule has 148 valence electrons. The van der Waals surface area contributed by atoms with E-state index in [0.717, 1.165) is 25.1 Å². The molecule has 3 aliphatic carbocycles. The number of ether oxygens (including phenoxy) is 1. The van der Waals surface area contributed by atoms with Crippen LogP contribution in [0.25, 0.3) is 0 Å². The molecule has 1 heterocycles. The zero-order valence-corrected chi connectivity index (χ0v) is 17.0. The van der Waals surface area contributed by atoms with Gasteiger partial charge in [-0.05, 0) is 55.7 Å². The summed E-state index contributed by atoms with van der Waals surface area (Å²) >= 11 is 0. The number of rotatable bonds is 8. The predicted octanol–water partition coefficient (Wildman–Crippen LogP) is 3.45. The van der Waals surface area contributed by atoms with Crippen LogP contribution in [-0.4, -0.2) is 42.6 Å². The van der Waals surface area contributed by atoms with Crippen LogP contribution < -0.4 is 0 Å². The van der Waals surface area contributed by atoms with Crippen LogP contribution in [-0.2, 0) is 18.8 Å². The fourth-order valence-corrected chi connectivity index (χ4v) is 5.21. The quantitative estimate of drug-likeness (QED) is 0.527. The lowest BCUT2D eigenvalue weighted by Gasteiger charge is -2.64. The third-order valence-electron chi connectivity index (χ3n) is 6.96. The van der Waals surface area contributed by atoms with Crippen LogP contribution in [0.5, 0.6) is 0 Å². The Bertz CT molecular complexity index is 522. The van der Waals surface area contributed by atoms with Crippen LogP contribution in [0.4, 0.5) is 0 Å². The Morgan fingerprint density at radius 2 is 2.04 bits per heavy atom. The summed E-state index contributed by atoms with van der Waals surface area (Å²) in [6.45, 7) is 11.3. The maximum atomic E-state index is 11.7. The molecule has 0 aromatic carbocycles. The number of hydrogen-bond acceptors (Lipinski definition) is 5. The molecule has 5 nitrogen and oxygen atoms in total. The fraction of sp³-hybridized carbons (Fsp3) is 0.950. The number of esters is 1. The van der Waals surface area contributed by atoms with E-state index in [-0.39, 0.29) is 31.2 Å². The van der Waals surface area contributed by atoms with Gasteiger partial charge in [-0.2, -0.15) is 0 Å². The molecule has 5 atom stereocenters. The molecule has 0 aromatic heterocycles. The van der Waals surface area contributed by atoms with E-state index in [1.807, 2.05) is 13.8 Å². The van der Waals surface area contributed by atoms with Crippen molar-refractivity contribution in [2.75, 3.05) is 6.61 Å². The zero-order valence-electron chi connectivity index (χ0n) is 17.0. The van der Waals surface area contributed by atoms with Crippen molar-refractivity contribution >= 4 is 13.1 Å². The second-order valence-electron chi connectivity index (χ2n) is 9.76. The highest BCUT2D eigenvalue weighted by atomic mass is 16.7. The highest BCUT2D eigenvalue weighted by Crippen LogP contribution is 2.65. The van der Waals surface area contributed by atoms with Crippen LogP contribution in [0.15, 0.2) is 0 Å². The molecular weight excluding hydrogens is 331 g/mol. The van der Waals surface area contributed by atoms with Gasteiger partial charge in [0.1, 0.15) is 0 Å². The summed E-state index contributed by atoms with van der Waals surface area (Å²) in [6, 6.07) is 0. The molecule has 26 heavy (non-hydrogen) atoms. The molecule has 1 saturated heterocycles.